The van der Waals surface area contributed by atoms with Gasteiger partial charge in [-0.15, -0.1) is 12.4 Å². The quantitative estimate of drug-likeness (QED) is 0.836. The third-order valence-electron chi connectivity index (χ3n) is 2.76. The molecule has 17 heavy (non-hydrogen) atoms. The molecule has 0 bridgehead atoms. The Balaban J connectivity index is 0.00000144. The summed E-state index contributed by atoms with van der Waals surface area (Å²) in [6.07, 6.45) is 1.12. The van der Waals surface area contributed by atoms with Gasteiger partial charge in [0.1, 0.15) is 5.75 Å². The molecule has 2 N–H and O–H groups in total. The molecule has 0 radical (unpaired) electrons. The highest BCUT2D eigenvalue weighted by molar-refractivity contribution is 5.85. The third kappa shape index (κ3) is 3.11. The predicted octanol–water partition coefficient (Wildman–Crippen LogP) is 1.61. The predicted molar refractivity (Wildman–Crippen MR) is 66.5 cm³/mol. The Morgan fingerprint density at radius 1 is 1.59 bits per heavy atom. The molecular weight excluding hydrogens is 242 g/mol. The summed E-state index contributed by atoms with van der Waals surface area (Å²) in [5.74, 6) is 0.637. The van der Waals surface area contributed by atoms with Crippen molar-refractivity contribution in [3.63, 3.8) is 0 Å². The number of carbonyl (C=O) groups is 1. The van der Waals surface area contributed by atoms with E-state index >= 15 is 0 Å². The molecule has 0 saturated heterocycles. The molecule has 1 aromatic carbocycles. The Hall–Kier alpha value is -1.26. The number of ether oxygens (including phenoxy) is 2. The van der Waals surface area contributed by atoms with Gasteiger partial charge in [-0.3, -0.25) is 4.79 Å². The van der Waals surface area contributed by atoms with Crippen molar-refractivity contribution in [1.29, 1.82) is 0 Å². The van der Waals surface area contributed by atoms with Crippen molar-refractivity contribution in [2.75, 3.05) is 13.7 Å². The van der Waals surface area contributed by atoms with Gasteiger partial charge in [-0.05, 0) is 17.2 Å². The van der Waals surface area contributed by atoms with Crippen molar-refractivity contribution in [2.24, 2.45) is 5.73 Å². The smallest absolute Gasteiger partial charge is 0.307 e. The fourth-order valence-corrected chi connectivity index (χ4v) is 1.82. The minimum absolute atomic E-state index is 0. The van der Waals surface area contributed by atoms with Gasteiger partial charge in [-0.25, -0.2) is 0 Å². The molecular formula is C12H16ClNO3. The highest BCUT2D eigenvalue weighted by Gasteiger charge is 2.16. The number of hydrogen-bond donors (Lipinski definition) is 1. The maximum absolute atomic E-state index is 11.1. The number of esters is 1. The van der Waals surface area contributed by atoms with Crippen molar-refractivity contribution >= 4 is 18.4 Å². The Morgan fingerprint density at radius 2 is 2.35 bits per heavy atom. The maximum atomic E-state index is 11.1. The largest absolute Gasteiger partial charge is 0.493 e. The normalized spacial score (nSPS) is 14.2. The average Bonchev–Trinajstić information content (AvgIpc) is 2.75. The summed E-state index contributed by atoms with van der Waals surface area (Å²) in [5.41, 5.74) is 8.04. The van der Waals surface area contributed by atoms with E-state index in [9.17, 15) is 4.79 Å². The summed E-state index contributed by atoms with van der Waals surface area (Å²) in [4.78, 5) is 11.1. The minimum Gasteiger partial charge on any atom is -0.493 e. The van der Waals surface area contributed by atoms with Crippen molar-refractivity contribution in [3.05, 3.63) is 29.3 Å². The number of fused-ring (bicyclic) bond motifs is 1. The molecule has 1 aromatic rings. The van der Waals surface area contributed by atoms with Crippen LogP contribution in [0.4, 0.5) is 0 Å². The van der Waals surface area contributed by atoms with Crippen molar-refractivity contribution < 1.29 is 14.3 Å². The van der Waals surface area contributed by atoms with Gasteiger partial charge in [0.15, 0.2) is 0 Å². The van der Waals surface area contributed by atoms with E-state index in [1.54, 1.807) is 0 Å². The number of benzene rings is 1. The molecule has 0 spiro atoms. The average molecular weight is 258 g/mol. The first-order valence-corrected chi connectivity index (χ1v) is 5.28. The van der Waals surface area contributed by atoms with E-state index in [0.29, 0.717) is 0 Å². The second-order valence-electron chi connectivity index (χ2n) is 3.85. The fourth-order valence-electron chi connectivity index (χ4n) is 1.82. The zero-order chi connectivity index (χ0) is 11.5. The van der Waals surface area contributed by atoms with Crippen LogP contribution in [0.2, 0.25) is 0 Å². The number of halogens is 1. The summed E-state index contributed by atoms with van der Waals surface area (Å²) >= 11 is 0. The topological polar surface area (TPSA) is 61.5 Å². The van der Waals surface area contributed by atoms with Crippen LogP contribution in [0, 0.1) is 0 Å². The van der Waals surface area contributed by atoms with E-state index in [4.69, 9.17) is 10.5 Å². The number of methoxy groups -OCH3 is 1. The monoisotopic (exact) mass is 257 g/mol. The molecule has 0 saturated carbocycles. The molecule has 1 aliphatic heterocycles. The van der Waals surface area contributed by atoms with Gasteiger partial charge in [0.05, 0.1) is 20.1 Å². The Morgan fingerprint density at radius 3 is 3.06 bits per heavy atom. The van der Waals surface area contributed by atoms with Crippen LogP contribution in [0.5, 0.6) is 5.75 Å². The molecule has 0 unspecified atom stereocenters. The van der Waals surface area contributed by atoms with Gasteiger partial charge < -0.3 is 15.2 Å². The van der Waals surface area contributed by atoms with Crippen molar-refractivity contribution in [1.82, 2.24) is 0 Å². The summed E-state index contributed by atoms with van der Waals surface area (Å²) in [6, 6.07) is 5.51. The van der Waals surface area contributed by atoms with Gasteiger partial charge in [0.25, 0.3) is 0 Å². The van der Waals surface area contributed by atoms with Gasteiger partial charge in [0, 0.05) is 12.5 Å². The Bertz CT molecular complexity index is 409. The maximum Gasteiger partial charge on any atom is 0.307 e. The molecule has 94 valence electrons. The molecule has 1 aliphatic rings. The molecule has 0 aliphatic carbocycles. The van der Waals surface area contributed by atoms with Gasteiger partial charge in [-0.2, -0.15) is 0 Å². The van der Waals surface area contributed by atoms with Crippen LogP contribution >= 0.6 is 12.4 Å². The standard InChI is InChI=1S/C12H15NO3.ClH/c1-15-12(14)7-10(13)8-2-3-11-9(6-8)4-5-16-11;/h2-3,6,10H,4-5,7,13H2,1H3;1H/t10-;/m1./s1. The zero-order valence-electron chi connectivity index (χ0n) is 9.64. The first-order chi connectivity index (χ1) is 7.70. The molecule has 1 heterocycles. The number of hydrogen-bond acceptors (Lipinski definition) is 4. The number of carbonyl (C=O) groups excluding carboxylic acids is 1. The molecule has 1 atom stereocenters. The van der Waals surface area contributed by atoms with Crippen molar-refractivity contribution in [3.8, 4) is 5.75 Å². The zero-order valence-corrected chi connectivity index (χ0v) is 10.5. The van der Waals surface area contributed by atoms with Crippen LogP contribution in [-0.2, 0) is 16.0 Å². The fraction of sp³-hybridized carbons (Fsp3) is 0.417. The van der Waals surface area contributed by atoms with Crippen LogP contribution in [0.1, 0.15) is 23.6 Å². The lowest BCUT2D eigenvalue weighted by Crippen LogP contribution is -2.16. The van der Waals surface area contributed by atoms with Gasteiger partial charge in [0.2, 0.25) is 0 Å². The summed E-state index contributed by atoms with van der Waals surface area (Å²) in [7, 11) is 1.37. The van der Waals surface area contributed by atoms with Crippen LogP contribution < -0.4 is 10.5 Å². The van der Waals surface area contributed by atoms with Crippen LogP contribution in [0.3, 0.4) is 0 Å². The van der Waals surface area contributed by atoms with E-state index in [1.807, 2.05) is 18.2 Å². The van der Waals surface area contributed by atoms with Gasteiger partial charge in [-0.1, -0.05) is 12.1 Å². The lowest BCUT2D eigenvalue weighted by atomic mass is 10.0. The first-order valence-electron chi connectivity index (χ1n) is 5.28. The summed E-state index contributed by atoms with van der Waals surface area (Å²) in [6.45, 7) is 0.727. The Labute approximate surface area is 106 Å². The third-order valence-corrected chi connectivity index (χ3v) is 2.76. The molecule has 4 nitrogen and oxygen atoms in total. The summed E-state index contributed by atoms with van der Waals surface area (Å²) < 4.78 is 9.99. The second kappa shape index (κ2) is 5.89. The Kier molecular flexibility index (Phi) is 4.78. The van der Waals surface area contributed by atoms with E-state index < -0.39 is 0 Å². The van der Waals surface area contributed by atoms with E-state index in [2.05, 4.69) is 4.74 Å². The molecule has 5 heteroatoms. The van der Waals surface area contributed by atoms with Gasteiger partial charge >= 0.3 is 5.97 Å². The van der Waals surface area contributed by atoms with Crippen LogP contribution in [0.25, 0.3) is 0 Å². The lowest BCUT2D eigenvalue weighted by Gasteiger charge is -2.11. The SMILES string of the molecule is COC(=O)C[C@@H](N)c1ccc2c(c1)CCO2.Cl. The second-order valence-corrected chi connectivity index (χ2v) is 3.85. The van der Waals surface area contributed by atoms with E-state index in [-0.39, 0.29) is 30.8 Å². The molecule has 0 fully saturated rings. The van der Waals surface area contributed by atoms with Crippen LogP contribution in [0.15, 0.2) is 18.2 Å². The molecule has 0 amide bonds. The summed E-state index contributed by atoms with van der Waals surface area (Å²) in [5, 5.41) is 0. The van der Waals surface area contributed by atoms with Crippen LogP contribution in [-0.4, -0.2) is 19.7 Å². The highest BCUT2D eigenvalue weighted by atomic mass is 35.5. The van der Waals surface area contributed by atoms with Crippen molar-refractivity contribution in [2.45, 2.75) is 18.9 Å². The highest BCUT2D eigenvalue weighted by Crippen LogP contribution is 2.28. The number of rotatable bonds is 3. The molecule has 2 rings (SSSR count). The van der Waals surface area contributed by atoms with E-state index in [1.165, 1.54) is 7.11 Å². The van der Waals surface area contributed by atoms with E-state index in [0.717, 1.165) is 29.9 Å². The minimum atomic E-state index is -0.307. The number of nitrogens with two attached hydrogens (primary N) is 1. The first kappa shape index (κ1) is 13.8. The lowest BCUT2D eigenvalue weighted by molar-refractivity contribution is -0.141. The molecule has 0 aromatic heterocycles.